The highest BCUT2D eigenvalue weighted by atomic mass is 16.5. The Hall–Kier alpha value is -2.74. The molecule has 0 unspecified atom stereocenters. The molecular weight excluding hydrogens is 338 g/mol. The standard InChI is InChI=1S/C18H23N3O5/c1-11(2)20-15(22)10-19-16(23)12-5-6-13-14(9-12)18(25)21(17(13)24)7-4-8-26-3/h5-6,9,11H,4,7-8,10H2,1-3H3,(H,19,23)(H,20,22). The Kier molecular flexibility index (Phi) is 6.46. The molecule has 1 aliphatic heterocycles. The summed E-state index contributed by atoms with van der Waals surface area (Å²) in [6.07, 6.45) is 0.542. The van der Waals surface area contributed by atoms with Crippen LogP contribution in [0.2, 0.25) is 0 Å². The molecule has 0 fully saturated rings. The number of benzene rings is 1. The first-order valence-electron chi connectivity index (χ1n) is 8.42. The van der Waals surface area contributed by atoms with E-state index < -0.39 is 11.8 Å². The van der Waals surface area contributed by atoms with Crippen LogP contribution in [0.15, 0.2) is 18.2 Å². The second-order valence-corrected chi connectivity index (χ2v) is 6.27. The van der Waals surface area contributed by atoms with E-state index in [9.17, 15) is 19.2 Å². The van der Waals surface area contributed by atoms with Gasteiger partial charge in [0.15, 0.2) is 0 Å². The minimum absolute atomic E-state index is 0.0212. The number of carbonyl (C=O) groups is 4. The normalized spacial score (nSPS) is 13.2. The fraction of sp³-hybridized carbons (Fsp3) is 0.444. The van der Waals surface area contributed by atoms with E-state index in [0.717, 1.165) is 4.90 Å². The average molecular weight is 361 g/mol. The van der Waals surface area contributed by atoms with Gasteiger partial charge in [-0.05, 0) is 38.5 Å². The van der Waals surface area contributed by atoms with E-state index >= 15 is 0 Å². The highest BCUT2D eigenvalue weighted by molar-refractivity contribution is 6.22. The van der Waals surface area contributed by atoms with Crippen LogP contribution in [0.25, 0.3) is 0 Å². The molecule has 0 aromatic heterocycles. The third-order valence-electron chi connectivity index (χ3n) is 3.82. The van der Waals surface area contributed by atoms with Gasteiger partial charge in [0, 0.05) is 31.9 Å². The van der Waals surface area contributed by atoms with Gasteiger partial charge in [0.25, 0.3) is 17.7 Å². The molecule has 1 heterocycles. The summed E-state index contributed by atoms with van der Waals surface area (Å²) in [6, 6.07) is 4.31. The lowest BCUT2D eigenvalue weighted by molar-refractivity contribution is -0.120. The summed E-state index contributed by atoms with van der Waals surface area (Å²) in [6.45, 7) is 4.18. The summed E-state index contributed by atoms with van der Waals surface area (Å²) in [5, 5.41) is 5.16. The first-order chi connectivity index (χ1) is 12.3. The molecule has 1 aromatic carbocycles. The number of hydrogen-bond acceptors (Lipinski definition) is 5. The highest BCUT2D eigenvalue weighted by Crippen LogP contribution is 2.24. The predicted octanol–water partition coefficient (Wildman–Crippen LogP) is 0.574. The van der Waals surface area contributed by atoms with Crippen LogP contribution in [0.4, 0.5) is 0 Å². The van der Waals surface area contributed by atoms with Crippen LogP contribution in [-0.2, 0) is 9.53 Å². The van der Waals surface area contributed by atoms with Crippen LogP contribution < -0.4 is 10.6 Å². The molecule has 4 amide bonds. The van der Waals surface area contributed by atoms with Crippen molar-refractivity contribution in [2.45, 2.75) is 26.3 Å². The lowest BCUT2D eigenvalue weighted by Crippen LogP contribution is -2.39. The second-order valence-electron chi connectivity index (χ2n) is 6.27. The van der Waals surface area contributed by atoms with Gasteiger partial charge in [-0.15, -0.1) is 0 Å². The minimum Gasteiger partial charge on any atom is -0.385 e. The van der Waals surface area contributed by atoms with Gasteiger partial charge in [0.05, 0.1) is 17.7 Å². The number of methoxy groups -OCH3 is 1. The van der Waals surface area contributed by atoms with Gasteiger partial charge < -0.3 is 15.4 Å². The van der Waals surface area contributed by atoms with Crippen molar-refractivity contribution in [3.8, 4) is 0 Å². The van der Waals surface area contributed by atoms with Crippen LogP contribution in [0.5, 0.6) is 0 Å². The van der Waals surface area contributed by atoms with Crippen LogP contribution in [0.3, 0.4) is 0 Å². The Labute approximate surface area is 151 Å². The number of nitrogens with zero attached hydrogens (tertiary/aromatic N) is 1. The largest absolute Gasteiger partial charge is 0.385 e. The smallest absolute Gasteiger partial charge is 0.261 e. The summed E-state index contributed by atoms with van der Waals surface area (Å²) in [5.41, 5.74) is 0.703. The van der Waals surface area contributed by atoms with E-state index in [-0.39, 0.29) is 47.6 Å². The van der Waals surface area contributed by atoms with Crippen LogP contribution in [-0.4, -0.2) is 61.4 Å². The molecule has 0 saturated carbocycles. The fourth-order valence-electron chi connectivity index (χ4n) is 2.64. The van der Waals surface area contributed by atoms with E-state index in [4.69, 9.17) is 4.74 Å². The molecule has 140 valence electrons. The number of ether oxygens (including phenoxy) is 1. The van der Waals surface area contributed by atoms with Gasteiger partial charge in [0.2, 0.25) is 5.91 Å². The van der Waals surface area contributed by atoms with E-state index in [2.05, 4.69) is 10.6 Å². The van der Waals surface area contributed by atoms with Crippen LogP contribution in [0.1, 0.15) is 51.3 Å². The molecule has 1 aliphatic rings. The van der Waals surface area contributed by atoms with E-state index in [1.165, 1.54) is 18.2 Å². The molecule has 0 radical (unpaired) electrons. The van der Waals surface area contributed by atoms with Gasteiger partial charge in [-0.1, -0.05) is 0 Å². The Bertz CT molecular complexity index is 730. The average Bonchev–Trinajstić information content (AvgIpc) is 2.83. The zero-order valence-electron chi connectivity index (χ0n) is 15.1. The van der Waals surface area contributed by atoms with Crippen molar-refractivity contribution in [1.82, 2.24) is 15.5 Å². The molecule has 26 heavy (non-hydrogen) atoms. The molecule has 1 aromatic rings. The zero-order valence-corrected chi connectivity index (χ0v) is 15.1. The molecule has 0 spiro atoms. The van der Waals surface area contributed by atoms with Gasteiger partial charge in [-0.2, -0.15) is 0 Å². The quantitative estimate of drug-likeness (QED) is 0.520. The maximum absolute atomic E-state index is 12.4. The number of imide groups is 1. The SMILES string of the molecule is COCCCN1C(=O)c2ccc(C(=O)NCC(=O)NC(C)C)cc2C1=O. The highest BCUT2D eigenvalue weighted by Gasteiger charge is 2.35. The molecule has 2 rings (SSSR count). The van der Waals surface area contributed by atoms with E-state index in [1.807, 2.05) is 13.8 Å². The molecule has 0 atom stereocenters. The minimum atomic E-state index is -0.482. The van der Waals surface area contributed by atoms with Crippen molar-refractivity contribution >= 4 is 23.6 Å². The first kappa shape index (κ1) is 19.6. The summed E-state index contributed by atoms with van der Waals surface area (Å²) < 4.78 is 4.94. The number of carbonyl (C=O) groups excluding carboxylic acids is 4. The Morgan fingerprint density at radius 1 is 1.15 bits per heavy atom. The predicted molar refractivity (Wildman–Crippen MR) is 93.9 cm³/mol. The molecule has 8 heteroatoms. The van der Waals surface area contributed by atoms with Crippen LogP contribution >= 0.6 is 0 Å². The first-order valence-corrected chi connectivity index (χ1v) is 8.42. The van der Waals surface area contributed by atoms with E-state index in [0.29, 0.717) is 13.0 Å². The second kappa shape index (κ2) is 8.57. The summed E-state index contributed by atoms with van der Waals surface area (Å²) in [7, 11) is 1.55. The molecule has 0 aliphatic carbocycles. The number of nitrogens with one attached hydrogen (secondary N) is 2. The third-order valence-corrected chi connectivity index (χ3v) is 3.82. The lowest BCUT2D eigenvalue weighted by atomic mass is 10.1. The van der Waals surface area contributed by atoms with Crippen molar-refractivity contribution < 1.29 is 23.9 Å². The fourth-order valence-corrected chi connectivity index (χ4v) is 2.64. The zero-order chi connectivity index (χ0) is 19.3. The van der Waals surface area contributed by atoms with Crippen molar-refractivity contribution in [1.29, 1.82) is 0 Å². The summed E-state index contributed by atoms with van der Waals surface area (Å²) in [5.74, 6) is -1.58. The number of hydrogen-bond donors (Lipinski definition) is 2. The molecule has 8 nitrogen and oxygen atoms in total. The van der Waals surface area contributed by atoms with Gasteiger partial charge >= 0.3 is 0 Å². The topological polar surface area (TPSA) is 105 Å². The Balaban J connectivity index is 2.05. The summed E-state index contributed by atoms with van der Waals surface area (Å²) >= 11 is 0. The monoisotopic (exact) mass is 361 g/mol. The molecular formula is C18H23N3O5. The van der Waals surface area contributed by atoms with E-state index in [1.54, 1.807) is 7.11 Å². The van der Waals surface area contributed by atoms with Gasteiger partial charge in [-0.25, -0.2) is 0 Å². The third kappa shape index (κ3) is 4.45. The maximum Gasteiger partial charge on any atom is 0.261 e. The number of rotatable bonds is 8. The lowest BCUT2D eigenvalue weighted by Gasteiger charge is -2.12. The van der Waals surface area contributed by atoms with Crippen molar-refractivity contribution in [2.75, 3.05) is 26.8 Å². The molecule has 0 saturated heterocycles. The number of fused-ring (bicyclic) bond motifs is 1. The van der Waals surface area contributed by atoms with Gasteiger partial charge in [-0.3, -0.25) is 24.1 Å². The Morgan fingerprint density at radius 2 is 1.85 bits per heavy atom. The number of amides is 4. The summed E-state index contributed by atoms with van der Waals surface area (Å²) in [4.78, 5) is 49.7. The van der Waals surface area contributed by atoms with Gasteiger partial charge in [0.1, 0.15) is 0 Å². The maximum atomic E-state index is 12.4. The van der Waals surface area contributed by atoms with Crippen molar-refractivity contribution in [2.24, 2.45) is 0 Å². The Morgan fingerprint density at radius 3 is 2.50 bits per heavy atom. The van der Waals surface area contributed by atoms with Crippen molar-refractivity contribution in [3.63, 3.8) is 0 Å². The molecule has 2 N–H and O–H groups in total. The molecule has 0 bridgehead atoms. The van der Waals surface area contributed by atoms with Crippen molar-refractivity contribution in [3.05, 3.63) is 34.9 Å². The van der Waals surface area contributed by atoms with Crippen LogP contribution in [0, 0.1) is 0 Å².